The van der Waals surface area contributed by atoms with Gasteiger partial charge in [-0.15, -0.1) is 0 Å². The van der Waals surface area contributed by atoms with Gasteiger partial charge >= 0.3 is 0 Å². The largest absolute Gasteiger partial charge is 0.340 e. The van der Waals surface area contributed by atoms with Crippen molar-refractivity contribution in [2.24, 2.45) is 0 Å². The molecule has 0 atom stereocenters. The Bertz CT molecular complexity index is 1050. The number of anilines is 2. The summed E-state index contributed by atoms with van der Waals surface area (Å²) in [7, 11) is 0. The predicted octanol–water partition coefficient (Wildman–Crippen LogP) is 4.40. The Labute approximate surface area is 133 Å². The Kier molecular flexibility index (Phi) is 3.10. The van der Waals surface area contributed by atoms with E-state index in [1.54, 1.807) is 18.3 Å². The predicted molar refractivity (Wildman–Crippen MR) is 91.5 cm³/mol. The Balaban J connectivity index is 1.78. The third-order valence-electron chi connectivity index (χ3n) is 3.72. The molecule has 0 aliphatic rings. The molecule has 0 spiro atoms. The lowest BCUT2D eigenvalue weighted by molar-refractivity contribution is 1.35. The fraction of sp³-hybridized carbons (Fsp3) is 0. The third-order valence-corrected chi connectivity index (χ3v) is 3.72. The zero-order valence-electron chi connectivity index (χ0n) is 12.2. The van der Waals surface area contributed by atoms with Gasteiger partial charge in [0.1, 0.15) is 5.82 Å². The summed E-state index contributed by atoms with van der Waals surface area (Å²) >= 11 is 0. The molecule has 2 heterocycles. The van der Waals surface area contributed by atoms with E-state index in [0.717, 1.165) is 33.3 Å². The Morgan fingerprint density at radius 1 is 0.826 bits per heavy atom. The number of aromatic nitrogens is 2. The van der Waals surface area contributed by atoms with Gasteiger partial charge in [-0.3, -0.25) is 4.98 Å². The molecule has 0 unspecified atom stereocenters. The highest BCUT2D eigenvalue weighted by molar-refractivity contribution is 6.03. The lowest BCUT2D eigenvalue weighted by Crippen LogP contribution is -1.94. The molecule has 0 amide bonds. The molecule has 4 nitrogen and oxygen atoms in total. The minimum Gasteiger partial charge on any atom is -0.340 e. The number of nitrogens with zero attached hydrogens (tertiary/aromatic N) is 3. The van der Waals surface area contributed by atoms with Crippen LogP contribution in [0.1, 0.15) is 5.56 Å². The van der Waals surface area contributed by atoms with Crippen molar-refractivity contribution in [3.05, 3.63) is 72.4 Å². The van der Waals surface area contributed by atoms with Crippen molar-refractivity contribution in [1.82, 2.24) is 9.97 Å². The third kappa shape index (κ3) is 2.45. The molecule has 0 aliphatic carbocycles. The number of hydrogen-bond donors (Lipinski definition) is 1. The van der Waals surface area contributed by atoms with Gasteiger partial charge in [-0.1, -0.05) is 18.2 Å². The number of hydrogen-bond acceptors (Lipinski definition) is 4. The van der Waals surface area contributed by atoms with Crippen molar-refractivity contribution in [1.29, 1.82) is 5.26 Å². The Hall–Kier alpha value is -3.45. The molecular weight excluding hydrogens is 284 g/mol. The molecule has 0 fully saturated rings. The molecule has 0 aliphatic heterocycles. The highest BCUT2D eigenvalue weighted by Gasteiger charge is 2.04. The van der Waals surface area contributed by atoms with Gasteiger partial charge < -0.3 is 5.32 Å². The molecule has 4 rings (SSSR count). The quantitative estimate of drug-likeness (QED) is 0.557. The topological polar surface area (TPSA) is 61.6 Å². The van der Waals surface area contributed by atoms with Crippen LogP contribution in [0.3, 0.4) is 0 Å². The van der Waals surface area contributed by atoms with Crippen LogP contribution in [-0.4, -0.2) is 9.97 Å². The molecule has 23 heavy (non-hydrogen) atoms. The minimum absolute atomic E-state index is 0.636. The van der Waals surface area contributed by atoms with Crippen LogP contribution in [0.15, 0.2) is 66.9 Å². The van der Waals surface area contributed by atoms with Gasteiger partial charge in [0.15, 0.2) is 0 Å². The van der Waals surface area contributed by atoms with E-state index in [0.29, 0.717) is 5.56 Å². The van der Waals surface area contributed by atoms with E-state index in [1.807, 2.05) is 36.4 Å². The van der Waals surface area contributed by atoms with Gasteiger partial charge in [-0.05, 0) is 42.5 Å². The lowest BCUT2D eigenvalue weighted by Gasteiger charge is -2.08. The normalized spacial score (nSPS) is 10.6. The van der Waals surface area contributed by atoms with Gasteiger partial charge in [-0.25, -0.2) is 4.98 Å². The van der Waals surface area contributed by atoms with Crippen molar-refractivity contribution < 1.29 is 0 Å². The van der Waals surface area contributed by atoms with Crippen molar-refractivity contribution in [2.45, 2.75) is 0 Å². The molecule has 0 radical (unpaired) electrons. The van der Waals surface area contributed by atoms with Crippen molar-refractivity contribution in [3.8, 4) is 6.07 Å². The number of nitriles is 1. The van der Waals surface area contributed by atoms with Gasteiger partial charge in [0.05, 0.1) is 22.7 Å². The summed E-state index contributed by atoms with van der Waals surface area (Å²) < 4.78 is 0. The first kappa shape index (κ1) is 13.2. The van der Waals surface area contributed by atoms with E-state index < -0.39 is 0 Å². The van der Waals surface area contributed by atoms with Crippen molar-refractivity contribution >= 4 is 33.3 Å². The van der Waals surface area contributed by atoms with Crippen LogP contribution in [0.25, 0.3) is 21.8 Å². The highest BCUT2D eigenvalue weighted by Crippen LogP contribution is 2.24. The van der Waals surface area contributed by atoms with Gasteiger partial charge in [0, 0.05) is 22.7 Å². The maximum Gasteiger partial charge on any atom is 0.131 e. The maximum atomic E-state index is 8.85. The summed E-state index contributed by atoms with van der Waals surface area (Å²) in [5, 5.41) is 14.2. The smallest absolute Gasteiger partial charge is 0.131 e. The first-order chi connectivity index (χ1) is 11.3. The zero-order chi connectivity index (χ0) is 15.6. The molecular formula is C19H12N4. The van der Waals surface area contributed by atoms with Gasteiger partial charge in [0.25, 0.3) is 0 Å². The summed E-state index contributed by atoms with van der Waals surface area (Å²) in [6.07, 6.45) is 1.78. The lowest BCUT2D eigenvalue weighted by atomic mass is 10.1. The highest BCUT2D eigenvalue weighted by atomic mass is 15.0. The molecule has 4 heteroatoms. The van der Waals surface area contributed by atoms with E-state index >= 15 is 0 Å². The van der Waals surface area contributed by atoms with Crippen molar-refractivity contribution in [3.63, 3.8) is 0 Å². The number of rotatable bonds is 2. The molecule has 1 N–H and O–H groups in total. The minimum atomic E-state index is 0.636. The van der Waals surface area contributed by atoms with Gasteiger partial charge in [-0.2, -0.15) is 5.26 Å². The van der Waals surface area contributed by atoms with E-state index in [4.69, 9.17) is 10.2 Å². The Morgan fingerprint density at radius 3 is 2.35 bits per heavy atom. The van der Waals surface area contributed by atoms with Crippen LogP contribution in [0.2, 0.25) is 0 Å². The molecule has 108 valence electrons. The average molecular weight is 296 g/mol. The van der Waals surface area contributed by atoms with Crippen molar-refractivity contribution in [2.75, 3.05) is 5.32 Å². The first-order valence-corrected chi connectivity index (χ1v) is 7.25. The maximum absolute atomic E-state index is 8.85. The van der Waals surface area contributed by atoms with E-state index in [2.05, 4.69) is 28.5 Å². The SMILES string of the molecule is N#Cc1ccc(Nc2ccc3ccc4cccnc4c3n2)cc1. The molecule has 2 aromatic heterocycles. The van der Waals surface area contributed by atoms with E-state index in [1.165, 1.54) is 0 Å². The van der Waals surface area contributed by atoms with Crippen LogP contribution in [0.4, 0.5) is 11.5 Å². The fourth-order valence-corrected chi connectivity index (χ4v) is 2.57. The zero-order valence-corrected chi connectivity index (χ0v) is 12.2. The molecule has 4 aromatic rings. The second-order valence-corrected chi connectivity index (χ2v) is 5.22. The summed E-state index contributed by atoms with van der Waals surface area (Å²) in [6, 6.07) is 21.4. The molecule has 2 aromatic carbocycles. The van der Waals surface area contributed by atoms with Crippen LogP contribution < -0.4 is 5.32 Å². The summed E-state index contributed by atoms with van der Waals surface area (Å²) in [5.41, 5.74) is 3.30. The van der Waals surface area contributed by atoms with Crippen LogP contribution in [0, 0.1) is 11.3 Å². The first-order valence-electron chi connectivity index (χ1n) is 7.25. The monoisotopic (exact) mass is 296 g/mol. The number of fused-ring (bicyclic) bond motifs is 3. The number of benzene rings is 2. The molecule has 0 saturated carbocycles. The summed E-state index contributed by atoms with van der Waals surface area (Å²) in [5.74, 6) is 0.750. The molecule has 0 saturated heterocycles. The summed E-state index contributed by atoms with van der Waals surface area (Å²) in [4.78, 5) is 9.16. The fourth-order valence-electron chi connectivity index (χ4n) is 2.57. The van der Waals surface area contributed by atoms with Crippen LogP contribution in [-0.2, 0) is 0 Å². The van der Waals surface area contributed by atoms with Crippen LogP contribution >= 0.6 is 0 Å². The second kappa shape index (κ2) is 5.39. The van der Waals surface area contributed by atoms with E-state index in [-0.39, 0.29) is 0 Å². The second-order valence-electron chi connectivity index (χ2n) is 5.22. The summed E-state index contributed by atoms with van der Waals surface area (Å²) in [6.45, 7) is 0. The number of nitrogens with one attached hydrogen (secondary N) is 1. The molecule has 0 bridgehead atoms. The number of pyridine rings is 2. The Morgan fingerprint density at radius 2 is 1.57 bits per heavy atom. The van der Waals surface area contributed by atoms with Crippen LogP contribution in [0.5, 0.6) is 0 Å². The standard InChI is InChI=1S/C19H12N4/c20-12-13-3-8-16(9-4-13)22-17-10-7-15-6-5-14-2-1-11-21-18(14)19(15)23-17/h1-11H,(H,22,23). The van der Waals surface area contributed by atoms with E-state index in [9.17, 15) is 0 Å². The van der Waals surface area contributed by atoms with Gasteiger partial charge in [0.2, 0.25) is 0 Å². The average Bonchev–Trinajstić information content (AvgIpc) is 2.62.